The molecule has 98 valence electrons. The molecule has 0 aliphatic carbocycles. The van der Waals surface area contributed by atoms with Crippen LogP contribution < -0.4 is 5.32 Å². The normalized spacial score (nSPS) is 12.8. The molecule has 0 aliphatic heterocycles. The molecule has 0 aromatic carbocycles. The minimum Gasteiger partial charge on any atom is -0.480 e. The van der Waals surface area contributed by atoms with E-state index in [0.717, 1.165) is 0 Å². The third kappa shape index (κ3) is 4.00. The van der Waals surface area contributed by atoms with Crippen LogP contribution in [0.4, 0.5) is 13.2 Å². The highest BCUT2D eigenvalue weighted by molar-refractivity contribution is 5.87. The van der Waals surface area contributed by atoms with E-state index in [1.54, 1.807) is 0 Å². The summed E-state index contributed by atoms with van der Waals surface area (Å²) in [7, 11) is 0. The summed E-state index contributed by atoms with van der Waals surface area (Å²) >= 11 is 0. The van der Waals surface area contributed by atoms with E-state index in [1.807, 2.05) is 0 Å². The van der Waals surface area contributed by atoms with E-state index in [-0.39, 0.29) is 5.82 Å². The second-order valence-corrected chi connectivity index (χ2v) is 3.23. The Bertz CT molecular complexity index is 436. The van der Waals surface area contributed by atoms with Crippen molar-refractivity contribution < 1.29 is 27.9 Å². The summed E-state index contributed by atoms with van der Waals surface area (Å²) < 4.78 is 35.9. The van der Waals surface area contributed by atoms with Crippen LogP contribution in [0.15, 0.2) is 18.5 Å². The fraction of sp³-hybridized carbons (Fsp3) is 0.333. The number of rotatable bonds is 4. The minimum absolute atomic E-state index is 0.0207. The number of carbonyl (C=O) groups is 2. The second kappa shape index (κ2) is 5.43. The van der Waals surface area contributed by atoms with Crippen LogP contribution in [0.1, 0.15) is 5.82 Å². The van der Waals surface area contributed by atoms with Gasteiger partial charge in [0.15, 0.2) is 0 Å². The maximum Gasteiger partial charge on any atom is 0.471 e. The standard InChI is InChI=1S/C9H8F3N3O3/c10-9(11,12)8(18)15-5(7(16)17)4-6-13-2-1-3-14-6/h1-3,5H,4H2,(H,15,18)(H,16,17). The van der Waals surface area contributed by atoms with Crippen LogP contribution >= 0.6 is 0 Å². The molecule has 1 amide bonds. The number of halogens is 3. The number of hydrogen-bond acceptors (Lipinski definition) is 4. The molecule has 1 atom stereocenters. The number of nitrogens with zero attached hydrogens (tertiary/aromatic N) is 2. The Balaban J connectivity index is 2.73. The predicted molar refractivity (Wildman–Crippen MR) is 51.4 cm³/mol. The summed E-state index contributed by atoms with van der Waals surface area (Å²) in [5.41, 5.74) is 0. The van der Waals surface area contributed by atoms with Gasteiger partial charge in [-0.1, -0.05) is 0 Å². The van der Waals surface area contributed by atoms with Crippen LogP contribution in [0.2, 0.25) is 0 Å². The zero-order chi connectivity index (χ0) is 13.8. The van der Waals surface area contributed by atoms with Crippen LogP contribution in [0.25, 0.3) is 0 Å². The minimum atomic E-state index is -5.13. The Morgan fingerprint density at radius 1 is 1.33 bits per heavy atom. The molecule has 0 radical (unpaired) electrons. The molecule has 0 bridgehead atoms. The molecular formula is C9H8F3N3O3. The van der Waals surface area contributed by atoms with Crippen molar-refractivity contribution in [2.24, 2.45) is 0 Å². The van der Waals surface area contributed by atoms with Gasteiger partial charge in [0, 0.05) is 18.8 Å². The number of nitrogens with one attached hydrogen (secondary N) is 1. The number of carboxylic acids is 1. The highest BCUT2D eigenvalue weighted by Crippen LogP contribution is 2.14. The van der Waals surface area contributed by atoms with Crippen LogP contribution in [0.3, 0.4) is 0 Å². The molecule has 2 N–H and O–H groups in total. The largest absolute Gasteiger partial charge is 0.480 e. The molecule has 0 saturated heterocycles. The molecule has 18 heavy (non-hydrogen) atoms. The summed E-state index contributed by atoms with van der Waals surface area (Å²) in [6, 6.07) is -0.269. The van der Waals surface area contributed by atoms with E-state index < -0.39 is 30.5 Å². The van der Waals surface area contributed by atoms with Crippen molar-refractivity contribution in [1.82, 2.24) is 15.3 Å². The van der Waals surface area contributed by atoms with E-state index in [9.17, 15) is 22.8 Å². The maximum atomic E-state index is 12.0. The number of aromatic nitrogens is 2. The van der Waals surface area contributed by atoms with E-state index in [1.165, 1.54) is 23.8 Å². The highest BCUT2D eigenvalue weighted by Gasteiger charge is 2.40. The Hall–Kier alpha value is -2.19. The van der Waals surface area contributed by atoms with Gasteiger partial charge in [0.2, 0.25) is 0 Å². The van der Waals surface area contributed by atoms with Crippen LogP contribution in [-0.4, -0.2) is 39.2 Å². The summed E-state index contributed by atoms with van der Waals surface area (Å²) in [5, 5.41) is 10.1. The van der Waals surface area contributed by atoms with Crippen molar-refractivity contribution in [1.29, 1.82) is 0 Å². The SMILES string of the molecule is O=C(O)C(Cc1ncccn1)NC(=O)C(F)(F)F. The van der Waals surface area contributed by atoms with Gasteiger partial charge in [-0.05, 0) is 6.07 Å². The van der Waals surface area contributed by atoms with Gasteiger partial charge in [0.1, 0.15) is 11.9 Å². The van der Waals surface area contributed by atoms with Gasteiger partial charge in [-0.3, -0.25) is 4.79 Å². The topological polar surface area (TPSA) is 92.2 Å². The van der Waals surface area contributed by atoms with E-state index in [4.69, 9.17) is 5.11 Å². The van der Waals surface area contributed by atoms with Crippen molar-refractivity contribution in [2.75, 3.05) is 0 Å². The molecule has 1 aromatic heterocycles. The van der Waals surface area contributed by atoms with E-state index >= 15 is 0 Å². The molecule has 0 saturated carbocycles. The Labute approximate surface area is 98.9 Å². The molecule has 6 nitrogen and oxygen atoms in total. The Morgan fingerprint density at radius 2 is 1.89 bits per heavy atom. The van der Waals surface area contributed by atoms with Crippen LogP contribution in [0.5, 0.6) is 0 Å². The number of hydrogen-bond donors (Lipinski definition) is 2. The second-order valence-electron chi connectivity index (χ2n) is 3.23. The average Bonchev–Trinajstić information content (AvgIpc) is 2.28. The van der Waals surface area contributed by atoms with Gasteiger partial charge >= 0.3 is 18.1 Å². The van der Waals surface area contributed by atoms with Crippen LogP contribution in [-0.2, 0) is 16.0 Å². The Morgan fingerprint density at radius 3 is 2.33 bits per heavy atom. The third-order valence-electron chi connectivity index (χ3n) is 1.87. The maximum absolute atomic E-state index is 12.0. The first-order valence-corrected chi connectivity index (χ1v) is 4.67. The lowest BCUT2D eigenvalue weighted by Gasteiger charge is -2.14. The molecule has 1 unspecified atom stereocenters. The lowest BCUT2D eigenvalue weighted by molar-refractivity contribution is -0.175. The first kappa shape index (κ1) is 13.9. The van der Waals surface area contributed by atoms with Crippen LogP contribution in [0, 0.1) is 0 Å². The van der Waals surface area contributed by atoms with Crippen molar-refractivity contribution in [2.45, 2.75) is 18.6 Å². The average molecular weight is 263 g/mol. The first-order chi connectivity index (χ1) is 8.30. The molecule has 1 rings (SSSR count). The fourth-order valence-electron chi connectivity index (χ4n) is 1.06. The molecular weight excluding hydrogens is 255 g/mol. The Kier molecular flexibility index (Phi) is 4.18. The zero-order valence-corrected chi connectivity index (χ0v) is 8.81. The van der Waals surface area contributed by atoms with E-state index in [0.29, 0.717) is 0 Å². The van der Waals surface area contributed by atoms with Crippen molar-refractivity contribution in [3.05, 3.63) is 24.3 Å². The summed E-state index contributed by atoms with van der Waals surface area (Å²) in [6.45, 7) is 0. The molecule has 1 heterocycles. The zero-order valence-electron chi connectivity index (χ0n) is 8.81. The number of carboxylic acid groups (broad SMARTS) is 1. The van der Waals surface area contributed by atoms with Gasteiger partial charge in [-0.15, -0.1) is 0 Å². The number of carbonyl (C=O) groups excluding carboxylic acids is 1. The van der Waals surface area contributed by atoms with E-state index in [2.05, 4.69) is 9.97 Å². The monoisotopic (exact) mass is 263 g/mol. The number of amides is 1. The fourth-order valence-corrected chi connectivity index (χ4v) is 1.06. The number of aliphatic carboxylic acids is 1. The van der Waals surface area contributed by atoms with Crippen molar-refractivity contribution in [3.8, 4) is 0 Å². The van der Waals surface area contributed by atoms with Gasteiger partial charge in [-0.25, -0.2) is 14.8 Å². The molecule has 0 aliphatic rings. The molecule has 1 aromatic rings. The molecule has 0 spiro atoms. The summed E-state index contributed by atoms with van der Waals surface area (Å²) in [5.74, 6) is -3.89. The number of alkyl halides is 3. The first-order valence-electron chi connectivity index (χ1n) is 4.67. The van der Waals surface area contributed by atoms with Gasteiger partial charge in [-0.2, -0.15) is 13.2 Å². The quantitative estimate of drug-likeness (QED) is 0.806. The molecule has 9 heteroatoms. The van der Waals surface area contributed by atoms with Crippen molar-refractivity contribution in [3.63, 3.8) is 0 Å². The predicted octanol–water partition coefficient (Wildman–Crippen LogP) is 0.151. The molecule has 0 fully saturated rings. The van der Waals surface area contributed by atoms with Gasteiger partial charge in [0.25, 0.3) is 0 Å². The van der Waals surface area contributed by atoms with Gasteiger partial charge < -0.3 is 10.4 Å². The third-order valence-corrected chi connectivity index (χ3v) is 1.87. The van der Waals surface area contributed by atoms with Crippen molar-refractivity contribution >= 4 is 11.9 Å². The van der Waals surface area contributed by atoms with Gasteiger partial charge in [0.05, 0.1) is 0 Å². The highest BCUT2D eigenvalue weighted by atomic mass is 19.4. The summed E-state index contributed by atoms with van der Waals surface area (Å²) in [4.78, 5) is 28.7. The smallest absolute Gasteiger partial charge is 0.471 e. The summed E-state index contributed by atoms with van der Waals surface area (Å²) in [6.07, 6.45) is -2.94. The lowest BCUT2D eigenvalue weighted by atomic mass is 10.2. The lowest BCUT2D eigenvalue weighted by Crippen LogP contribution is -2.48.